The Morgan fingerprint density at radius 3 is 2.63 bits per heavy atom. The fourth-order valence-corrected chi connectivity index (χ4v) is 4.96. The third-order valence-corrected chi connectivity index (χ3v) is 7.00. The lowest BCUT2D eigenvalue weighted by atomic mass is 10.2. The van der Waals surface area contributed by atoms with Crippen LogP contribution in [0.1, 0.15) is 29.3 Å². The number of thioether (sulfide) groups is 1. The number of benzene rings is 1. The Hall–Kier alpha value is -1.04. The highest BCUT2D eigenvalue weighted by molar-refractivity contribution is 14.0. The summed E-state index contributed by atoms with van der Waals surface area (Å²) in [6, 6.07) is 8.87. The molecule has 1 aliphatic heterocycles. The number of aromatic nitrogens is 1. The topological polar surface area (TPSA) is 53.0 Å². The van der Waals surface area contributed by atoms with E-state index in [0.717, 1.165) is 36.3 Å². The number of ether oxygens (including phenoxy) is 1. The highest BCUT2D eigenvalue weighted by atomic mass is 127. The van der Waals surface area contributed by atoms with Crippen molar-refractivity contribution in [1.29, 1.82) is 0 Å². The van der Waals surface area contributed by atoms with E-state index in [9.17, 15) is 0 Å². The van der Waals surface area contributed by atoms with Gasteiger partial charge < -0.3 is 19.9 Å². The van der Waals surface area contributed by atoms with E-state index in [4.69, 9.17) is 4.74 Å². The molecule has 1 atom stereocenters. The van der Waals surface area contributed by atoms with Gasteiger partial charge in [0.05, 0.1) is 12.2 Å². The Balaban J connectivity index is 0.00000320. The first-order chi connectivity index (χ1) is 14.1. The van der Waals surface area contributed by atoms with Crippen molar-refractivity contribution in [2.75, 3.05) is 50.7 Å². The van der Waals surface area contributed by atoms with Crippen LogP contribution in [0.15, 0.2) is 34.6 Å². The number of methoxy groups -OCH3 is 1. The third-order valence-electron chi connectivity index (χ3n) is 5.01. The average Bonchev–Trinajstić information content (AvgIpc) is 3.23. The molecule has 1 N–H and O–H groups in total. The molecule has 1 aromatic carbocycles. The molecule has 0 bridgehead atoms. The maximum Gasteiger partial charge on any atom is 0.194 e. The second-order valence-electron chi connectivity index (χ2n) is 7.08. The number of rotatable bonds is 7. The molecular formula is C21H32IN5OS2. The van der Waals surface area contributed by atoms with Gasteiger partial charge in [-0.1, -0.05) is 12.1 Å². The van der Waals surface area contributed by atoms with E-state index in [0.29, 0.717) is 6.54 Å². The summed E-state index contributed by atoms with van der Waals surface area (Å²) in [5.41, 5.74) is 3.60. The summed E-state index contributed by atoms with van der Waals surface area (Å²) in [7, 11) is 5.56. The van der Waals surface area contributed by atoms with Crippen LogP contribution in [-0.4, -0.2) is 61.6 Å². The fourth-order valence-electron chi connectivity index (χ4n) is 3.21. The van der Waals surface area contributed by atoms with Gasteiger partial charge in [-0.15, -0.1) is 35.3 Å². The van der Waals surface area contributed by atoms with Crippen LogP contribution in [0.3, 0.4) is 0 Å². The minimum Gasteiger partial charge on any atom is -0.375 e. The third kappa shape index (κ3) is 7.00. The summed E-state index contributed by atoms with van der Waals surface area (Å²) < 4.78 is 5.35. The molecular weight excluding hydrogens is 529 g/mol. The standard InChI is InChI=1S/C21H31N5OS2.HI/c1-16(27-4)20-24-18(15-29-20)14-25(3)21(22-2)23-13-17-5-7-19(8-6-17)26-9-11-28-12-10-26;/h5-8,15-16H,9-14H2,1-4H3,(H,22,23);1H. The van der Waals surface area contributed by atoms with Crippen molar-refractivity contribution in [2.24, 2.45) is 4.99 Å². The molecule has 1 aromatic heterocycles. The summed E-state index contributed by atoms with van der Waals surface area (Å²) in [4.78, 5) is 13.7. The fraction of sp³-hybridized carbons (Fsp3) is 0.524. The number of nitrogens with zero attached hydrogens (tertiary/aromatic N) is 4. The molecule has 0 amide bonds. The van der Waals surface area contributed by atoms with E-state index in [-0.39, 0.29) is 30.1 Å². The van der Waals surface area contributed by atoms with Gasteiger partial charge in [0.25, 0.3) is 0 Å². The molecule has 9 heteroatoms. The van der Waals surface area contributed by atoms with Crippen LogP contribution < -0.4 is 10.2 Å². The summed E-state index contributed by atoms with van der Waals surface area (Å²) in [5.74, 6) is 3.30. The van der Waals surface area contributed by atoms with Crippen LogP contribution >= 0.6 is 47.1 Å². The van der Waals surface area contributed by atoms with Crippen molar-refractivity contribution < 1.29 is 4.74 Å². The van der Waals surface area contributed by atoms with Crippen molar-refractivity contribution >= 4 is 58.7 Å². The molecule has 166 valence electrons. The molecule has 0 aliphatic carbocycles. The molecule has 2 heterocycles. The van der Waals surface area contributed by atoms with Gasteiger partial charge >= 0.3 is 0 Å². The molecule has 0 spiro atoms. The number of hydrogen-bond donors (Lipinski definition) is 1. The van der Waals surface area contributed by atoms with E-state index in [1.807, 2.05) is 32.8 Å². The molecule has 0 radical (unpaired) electrons. The molecule has 0 saturated carbocycles. The Morgan fingerprint density at radius 2 is 2.00 bits per heavy atom. The van der Waals surface area contributed by atoms with Crippen LogP contribution in [-0.2, 0) is 17.8 Å². The van der Waals surface area contributed by atoms with Crippen LogP contribution in [0, 0.1) is 0 Å². The molecule has 30 heavy (non-hydrogen) atoms. The van der Waals surface area contributed by atoms with E-state index in [1.165, 1.54) is 22.8 Å². The SMILES string of the molecule is CN=C(NCc1ccc(N2CCSCC2)cc1)N(C)Cc1csc(C(C)OC)n1.I. The molecule has 1 saturated heterocycles. The molecule has 1 unspecified atom stereocenters. The molecule has 2 aromatic rings. The van der Waals surface area contributed by atoms with Gasteiger partial charge in [0.1, 0.15) is 11.1 Å². The van der Waals surface area contributed by atoms with Crippen LogP contribution in [0.4, 0.5) is 5.69 Å². The number of anilines is 1. The molecule has 1 fully saturated rings. The highest BCUT2D eigenvalue weighted by Crippen LogP contribution is 2.21. The zero-order chi connectivity index (χ0) is 20.6. The average molecular weight is 562 g/mol. The quantitative estimate of drug-likeness (QED) is 0.310. The smallest absolute Gasteiger partial charge is 0.194 e. The van der Waals surface area contributed by atoms with Crippen molar-refractivity contribution in [3.05, 3.63) is 45.9 Å². The van der Waals surface area contributed by atoms with Gasteiger partial charge in [0, 0.05) is 63.4 Å². The summed E-state index contributed by atoms with van der Waals surface area (Å²) in [5, 5.41) is 6.55. The number of guanidine groups is 1. The molecule has 1 aliphatic rings. The predicted octanol–water partition coefficient (Wildman–Crippen LogP) is 4.23. The van der Waals surface area contributed by atoms with E-state index < -0.39 is 0 Å². The zero-order valence-electron chi connectivity index (χ0n) is 18.1. The van der Waals surface area contributed by atoms with E-state index in [1.54, 1.807) is 18.4 Å². The second-order valence-corrected chi connectivity index (χ2v) is 9.19. The summed E-state index contributed by atoms with van der Waals surface area (Å²) >= 11 is 3.68. The number of halogens is 1. The van der Waals surface area contributed by atoms with Gasteiger partial charge in [0.15, 0.2) is 5.96 Å². The van der Waals surface area contributed by atoms with Crippen LogP contribution in [0.2, 0.25) is 0 Å². The second kappa shape index (κ2) is 12.7. The lowest BCUT2D eigenvalue weighted by Gasteiger charge is -2.28. The first kappa shape index (κ1) is 25.2. The molecule has 6 nitrogen and oxygen atoms in total. The van der Waals surface area contributed by atoms with Gasteiger partial charge in [-0.25, -0.2) is 4.98 Å². The molecule has 3 rings (SSSR count). The Kier molecular flexibility index (Phi) is 10.7. The van der Waals surface area contributed by atoms with E-state index in [2.05, 4.69) is 54.7 Å². The minimum atomic E-state index is 0. The van der Waals surface area contributed by atoms with Gasteiger partial charge in [-0.3, -0.25) is 4.99 Å². The van der Waals surface area contributed by atoms with E-state index >= 15 is 0 Å². The van der Waals surface area contributed by atoms with Crippen molar-refractivity contribution in [3.63, 3.8) is 0 Å². The Morgan fingerprint density at radius 1 is 1.30 bits per heavy atom. The van der Waals surface area contributed by atoms with Crippen molar-refractivity contribution in [1.82, 2.24) is 15.2 Å². The number of aliphatic imine (C=N–C) groups is 1. The maximum absolute atomic E-state index is 5.35. The van der Waals surface area contributed by atoms with Gasteiger partial charge in [0.2, 0.25) is 0 Å². The Labute approximate surface area is 205 Å². The minimum absolute atomic E-state index is 0. The zero-order valence-corrected chi connectivity index (χ0v) is 22.1. The van der Waals surface area contributed by atoms with Gasteiger partial charge in [-0.2, -0.15) is 11.8 Å². The maximum atomic E-state index is 5.35. The van der Waals surface area contributed by atoms with Crippen molar-refractivity contribution in [2.45, 2.75) is 26.1 Å². The number of nitrogens with one attached hydrogen (secondary N) is 1. The lowest BCUT2D eigenvalue weighted by Crippen LogP contribution is -2.38. The number of hydrogen-bond acceptors (Lipinski definition) is 6. The predicted molar refractivity (Wildman–Crippen MR) is 141 cm³/mol. The highest BCUT2D eigenvalue weighted by Gasteiger charge is 2.13. The summed E-state index contributed by atoms with van der Waals surface area (Å²) in [6.45, 7) is 5.75. The Bertz CT molecular complexity index is 793. The van der Waals surface area contributed by atoms with Crippen molar-refractivity contribution in [3.8, 4) is 0 Å². The van der Waals surface area contributed by atoms with Gasteiger partial charge in [-0.05, 0) is 24.6 Å². The largest absolute Gasteiger partial charge is 0.375 e. The number of thiazole rings is 1. The first-order valence-electron chi connectivity index (χ1n) is 9.91. The normalized spacial score (nSPS) is 15.5. The first-order valence-corrected chi connectivity index (χ1v) is 11.9. The summed E-state index contributed by atoms with van der Waals surface area (Å²) in [6.07, 6.45) is 0.0307. The van der Waals surface area contributed by atoms with Crippen LogP contribution in [0.5, 0.6) is 0 Å². The van der Waals surface area contributed by atoms with Crippen LogP contribution in [0.25, 0.3) is 0 Å². The monoisotopic (exact) mass is 561 g/mol. The lowest BCUT2D eigenvalue weighted by molar-refractivity contribution is 0.119.